The number of halogens is 3. The van der Waals surface area contributed by atoms with E-state index < -0.39 is 12.8 Å². The van der Waals surface area contributed by atoms with E-state index in [1.807, 2.05) is 31.2 Å². The molecule has 0 aliphatic carbocycles. The summed E-state index contributed by atoms with van der Waals surface area (Å²) in [6.07, 6.45) is -3.46. The number of alkyl halides is 3. The normalized spacial score (nSPS) is 13.2. The van der Waals surface area contributed by atoms with Crippen LogP contribution in [0.25, 0.3) is 0 Å². The molecule has 1 aromatic rings. The molecule has 3 nitrogen and oxygen atoms in total. The Balaban J connectivity index is 2.18. The molecule has 1 unspecified atom stereocenters. The van der Waals surface area contributed by atoms with E-state index >= 15 is 0 Å². The summed E-state index contributed by atoms with van der Waals surface area (Å²) in [7, 11) is 1.61. The Kier molecular flexibility index (Phi) is 6.81. The molecule has 0 heterocycles. The van der Waals surface area contributed by atoms with Gasteiger partial charge >= 0.3 is 6.18 Å². The molecular formula is C14H20F3NO2. The van der Waals surface area contributed by atoms with Gasteiger partial charge in [-0.05, 0) is 31.0 Å². The molecule has 20 heavy (non-hydrogen) atoms. The van der Waals surface area contributed by atoms with Gasteiger partial charge in [0.25, 0.3) is 0 Å². The van der Waals surface area contributed by atoms with Crippen molar-refractivity contribution in [1.82, 2.24) is 5.32 Å². The van der Waals surface area contributed by atoms with Gasteiger partial charge in [0.1, 0.15) is 12.4 Å². The van der Waals surface area contributed by atoms with Gasteiger partial charge in [0.15, 0.2) is 0 Å². The third-order valence-corrected chi connectivity index (χ3v) is 2.71. The lowest BCUT2D eigenvalue weighted by molar-refractivity contribution is -0.173. The predicted molar refractivity (Wildman–Crippen MR) is 71.0 cm³/mol. The monoisotopic (exact) mass is 291 g/mol. The molecule has 1 rings (SSSR count). The summed E-state index contributed by atoms with van der Waals surface area (Å²) in [6, 6.07) is 7.87. The fourth-order valence-corrected chi connectivity index (χ4v) is 1.75. The lowest BCUT2D eigenvalue weighted by atomic mass is 10.1. The highest BCUT2D eigenvalue weighted by molar-refractivity contribution is 5.27. The second kappa shape index (κ2) is 8.11. The third-order valence-electron chi connectivity index (χ3n) is 2.71. The molecule has 0 aliphatic rings. The van der Waals surface area contributed by atoms with Crippen molar-refractivity contribution < 1.29 is 22.6 Å². The van der Waals surface area contributed by atoms with Gasteiger partial charge in [-0.15, -0.1) is 0 Å². The first-order valence-electron chi connectivity index (χ1n) is 6.41. The average molecular weight is 291 g/mol. The summed E-state index contributed by atoms with van der Waals surface area (Å²) in [6.45, 7) is 1.23. The molecule has 0 fully saturated rings. The van der Waals surface area contributed by atoms with Crippen molar-refractivity contribution in [2.24, 2.45) is 0 Å². The van der Waals surface area contributed by atoms with Crippen LogP contribution in [0.4, 0.5) is 13.2 Å². The molecule has 0 saturated heterocycles. The maximum absolute atomic E-state index is 11.8. The summed E-state index contributed by atoms with van der Waals surface area (Å²) >= 11 is 0. The number of methoxy groups -OCH3 is 1. The number of ether oxygens (including phenoxy) is 2. The van der Waals surface area contributed by atoms with E-state index in [0.29, 0.717) is 6.54 Å². The van der Waals surface area contributed by atoms with Crippen molar-refractivity contribution in [2.45, 2.75) is 25.6 Å². The minimum absolute atomic E-state index is 0.0481. The first-order chi connectivity index (χ1) is 9.40. The second-order valence-corrected chi connectivity index (χ2v) is 4.58. The zero-order valence-corrected chi connectivity index (χ0v) is 11.7. The molecule has 114 valence electrons. The van der Waals surface area contributed by atoms with Gasteiger partial charge in [0, 0.05) is 12.6 Å². The van der Waals surface area contributed by atoms with Crippen molar-refractivity contribution >= 4 is 0 Å². The smallest absolute Gasteiger partial charge is 0.411 e. The molecule has 0 spiro atoms. The third kappa shape index (κ3) is 7.35. The Morgan fingerprint density at radius 2 is 1.85 bits per heavy atom. The Bertz CT molecular complexity index is 379. The van der Waals surface area contributed by atoms with Gasteiger partial charge in [0.05, 0.1) is 13.7 Å². The Labute approximate surface area is 117 Å². The molecule has 0 radical (unpaired) electrons. The van der Waals surface area contributed by atoms with Gasteiger partial charge < -0.3 is 14.8 Å². The minimum atomic E-state index is -4.26. The van der Waals surface area contributed by atoms with Gasteiger partial charge in [-0.3, -0.25) is 0 Å². The zero-order valence-electron chi connectivity index (χ0n) is 11.7. The molecular weight excluding hydrogens is 271 g/mol. The van der Waals surface area contributed by atoms with Crippen molar-refractivity contribution in [3.05, 3.63) is 29.8 Å². The van der Waals surface area contributed by atoms with Crippen LogP contribution in [0.1, 0.15) is 12.5 Å². The van der Waals surface area contributed by atoms with Crippen LogP contribution in [-0.2, 0) is 11.2 Å². The van der Waals surface area contributed by atoms with Gasteiger partial charge in [0.2, 0.25) is 0 Å². The number of hydrogen-bond donors (Lipinski definition) is 1. The van der Waals surface area contributed by atoms with Crippen LogP contribution in [0.5, 0.6) is 5.75 Å². The number of nitrogens with one attached hydrogen (secondary N) is 1. The zero-order chi connectivity index (χ0) is 15.0. The maximum Gasteiger partial charge on any atom is 0.411 e. The number of benzene rings is 1. The second-order valence-electron chi connectivity index (χ2n) is 4.58. The highest BCUT2D eigenvalue weighted by Crippen LogP contribution is 2.14. The van der Waals surface area contributed by atoms with Crippen molar-refractivity contribution in [3.8, 4) is 5.75 Å². The largest absolute Gasteiger partial charge is 0.497 e. The first kappa shape index (κ1) is 16.8. The van der Waals surface area contributed by atoms with Crippen molar-refractivity contribution in [3.63, 3.8) is 0 Å². The van der Waals surface area contributed by atoms with Crippen LogP contribution < -0.4 is 10.1 Å². The molecule has 0 bridgehead atoms. The van der Waals surface area contributed by atoms with E-state index in [0.717, 1.165) is 17.7 Å². The molecule has 0 aromatic heterocycles. The number of hydrogen-bond acceptors (Lipinski definition) is 3. The highest BCUT2D eigenvalue weighted by Gasteiger charge is 2.27. The molecule has 1 atom stereocenters. The quantitative estimate of drug-likeness (QED) is 0.747. The summed E-state index contributed by atoms with van der Waals surface area (Å²) in [4.78, 5) is 0. The van der Waals surface area contributed by atoms with Gasteiger partial charge in [-0.25, -0.2) is 0 Å². The predicted octanol–water partition coefficient (Wildman–Crippen LogP) is 2.79. The van der Waals surface area contributed by atoms with E-state index in [-0.39, 0.29) is 12.6 Å². The number of rotatable bonds is 8. The minimum Gasteiger partial charge on any atom is -0.497 e. The van der Waals surface area contributed by atoms with E-state index in [2.05, 4.69) is 10.1 Å². The lowest BCUT2D eigenvalue weighted by Crippen LogP contribution is -2.32. The summed E-state index contributed by atoms with van der Waals surface area (Å²) in [5.41, 5.74) is 1.14. The van der Waals surface area contributed by atoms with Crippen molar-refractivity contribution in [2.75, 3.05) is 26.9 Å². The molecule has 1 aromatic carbocycles. The van der Waals surface area contributed by atoms with Crippen LogP contribution in [0, 0.1) is 0 Å². The van der Waals surface area contributed by atoms with E-state index in [1.165, 1.54) is 0 Å². The maximum atomic E-state index is 11.8. The van der Waals surface area contributed by atoms with E-state index in [1.54, 1.807) is 7.11 Å². The summed E-state index contributed by atoms with van der Waals surface area (Å²) < 4.78 is 45.1. The molecule has 0 amide bonds. The van der Waals surface area contributed by atoms with E-state index in [9.17, 15) is 13.2 Å². The standard InChI is InChI=1S/C14H20F3NO2/c1-11(18-7-8-20-10-14(15,16)17)9-12-3-5-13(19-2)6-4-12/h3-6,11,18H,7-10H2,1-2H3. The fourth-order valence-electron chi connectivity index (χ4n) is 1.75. The Hall–Kier alpha value is -1.27. The Morgan fingerprint density at radius 1 is 1.20 bits per heavy atom. The fraction of sp³-hybridized carbons (Fsp3) is 0.571. The topological polar surface area (TPSA) is 30.5 Å². The van der Waals surface area contributed by atoms with Crippen LogP contribution >= 0.6 is 0 Å². The first-order valence-corrected chi connectivity index (χ1v) is 6.41. The lowest BCUT2D eigenvalue weighted by Gasteiger charge is -2.14. The molecule has 0 aliphatic heterocycles. The SMILES string of the molecule is COc1ccc(CC(C)NCCOCC(F)(F)F)cc1. The Morgan fingerprint density at radius 3 is 2.40 bits per heavy atom. The average Bonchev–Trinajstić information content (AvgIpc) is 2.38. The van der Waals surface area contributed by atoms with Crippen LogP contribution in [0.3, 0.4) is 0 Å². The summed E-state index contributed by atoms with van der Waals surface area (Å²) in [5.74, 6) is 0.801. The molecule has 6 heteroatoms. The van der Waals surface area contributed by atoms with Gasteiger partial charge in [-0.1, -0.05) is 12.1 Å². The molecule has 0 saturated carbocycles. The molecule has 1 N–H and O–H groups in total. The highest BCUT2D eigenvalue weighted by atomic mass is 19.4. The van der Waals surface area contributed by atoms with Crippen molar-refractivity contribution in [1.29, 1.82) is 0 Å². The van der Waals surface area contributed by atoms with Crippen LogP contribution in [0.2, 0.25) is 0 Å². The van der Waals surface area contributed by atoms with E-state index in [4.69, 9.17) is 4.74 Å². The van der Waals surface area contributed by atoms with Crippen LogP contribution in [-0.4, -0.2) is 39.1 Å². The summed E-state index contributed by atoms with van der Waals surface area (Å²) in [5, 5.41) is 3.12. The van der Waals surface area contributed by atoms with Crippen LogP contribution in [0.15, 0.2) is 24.3 Å². The van der Waals surface area contributed by atoms with Gasteiger partial charge in [-0.2, -0.15) is 13.2 Å².